The Kier molecular flexibility index (Phi) is 3.35. The van der Waals surface area contributed by atoms with Gasteiger partial charge in [0.2, 0.25) is 5.91 Å². The van der Waals surface area contributed by atoms with Crippen LogP contribution in [0.25, 0.3) is 0 Å². The van der Waals surface area contributed by atoms with Crippen molar-refractivity contribution in [1.29, 1.82) is 5.26 Å². The third kappa shape index (κ3) is 2.03. The third-order valence-corrected chi connectivity index (χ3v) is 4.27. The molecular weight excluding hydrogens is 252 g/mol. The quantitative estimate of drug-likeness (QED) is 0.788. The summed E-state index contributed by atoms with van der Waals surface area (Å²) in [7, 11) is 0. The normalized spacial score (nSPS) is 20.4. The number of ether oxygens (including phenoxy) is 1. The number of nitriles is 1. The predicted molar refractivity (Wildman–Crippen MR) is 75.4 cm³/mol. The van der Waals surface area contributed by atoms with Crippen molar-refractivity contribution in [2.75, 3.05) is 18.1 Å². The second-order valence-corrected chi connectivity index (χ2v) is 5.53. The molecule has 4 nitrogen and oxygen atoms in total. The Bertz CT molecular complexity index is 556. The maximum Gasteiger partial charge on any atom is 0.247 e. The van der Waals surface area contributed by atoms with Crippen LogP contribution in [-0.2, 0) is 4.79 Å². The number of amides is 1. The van der Waals surface area contributed by atoms with Gasteiger partial charge in [0.05, 0.1) is 18.4 Å². The lowest BCUT2D eigenvalue weighted by Crippen LogP contribution is -2.42. The van der Waals surface area contributed by atoms with Crippen molar-refractivity contribution in [2.45, 2.75) is 32.1 Å². The number of hydrogen-bond acceptors (Lipinski definition) is 3. The minimum atomic E-state index is -0.822. The maximum absolute atomic E-state index is 12.9. The van der Waals surface area contributed by atoms with E-state index in [1.54, 1.807) is 4.90 Å². The molecule has 0 bridgehead atoms. The lowest BCUT2D eigenvalue weighted by molar-refractivity contribution is -0.125. The van der Waals surface area contributed by atoms with Gasteiger partial charge in [-0.3, -0.25) is 4.79 Å². The summed E-state index contributed by atoms with van der Waals surface area (Å²) >= 11 is 0. The number of nitrogens with zero attached hydrogens (tertiary/aromatic N) is 2. The Hall–Kier alpha value is -2.02. The van der Waals surface area contributed by atoms with E-state index in [1.165, 1.54) is 0 Å². The van der Waals surface area contributed by atoms with Gasteiger partial charge in [0.25, 0.3) is 0 Å². The Morgan fingerprint density at radius 2 is 2.00 bits per heavy atom. The first kappa shape index (κ1) is 13.0. The van der Waals surface area contributed by atoms with Crippen molar-refractivity contribution in [3.63, 3.8) is 0 Å². The Morgan fingerprint density at radius 3 is 2.75 bits per heavy atom. The summed E-state index contributed by atoms with van der Waals surface area (Å²) in [5.74, 6) is 0.694. The average Bonchev–Trinajstić information content (AvgIpc) is 2.88. The standard InChI is InChI=1S/C16H18N2O2/c17-12-16(8-3-4-9-16)15(19)18-10-5-11-20-14-7-2-1-6-13(14)18/h1-2,6-7H,3-5,8-11H2. The topological polar surface area (TPSA) is 53.3 Å². The molecule has 0 spiro atoms. The molecule has 1 aliphatic heterocycles. The summed E-state index contributed by atoms with van der Waals surface area (Å²) in [6, 6.07) is 9.89. The number of carbonyl (C=O) groups excluding carboxylic acids is 1. The maximum atomic E-state index is 12.9. The molecule has 0 aromatic heterocycles. The van der Waals surface area contributed by atoms with Gasteiger partial charge < -0.3 is 9.64 Å². The average molecular weight is 270 g/mol. The molecule has 0 unspecified atom stereocenters. The monoisotopic (exact) mass is 270 g/mol. The van der Waals surface area contributed by atoms with Crippen molar-refractivity contribution in [3.05, 3.63) is 24.3 Å². The van der Waals surface area contributed by atoms with Gasteiger partial charge >= 0.3 is 0 Å². The van der Waals surface area contributed by atoms with Crippen LogP contribution in [0.15, 0.2) is 24.3 Å². The smallest absolute Gasteiger partial charge is 0.247 e. The molecule has 0 N–H and O–H groups in total. The molecule has 0 saturated heterocycles. The van der Waals surface area contributed by atoms with E-state index >= 15 is 0 Å². The molecule has 1 aliphatic carbocycles. The zero-order valence-electron chi connectivity index (χ0n) is 11.5. The van der Waals surface area contributed by atoms with E-state index in [-0.39, 0.29) is 5.91 Å². The Balaban J connectivity index is 1.97. The fraction of sp³-hybridized carbons (Fsp3) is 0.500. The van der Waals surface area contributed by atoms with E-state index in [4.69, 9.17) is 4.74 Å². The van der Waals surface area contributed by atoms with Crippen LogP contribution < -0.4 is 9.64 Å². The molecule has 1 aromatic carbocycles. The summed E-state index contributed by atoms with van der Waals surface area (Å²) in [5.41, 5.74) is -0.0196. The number of hydrogen-bond donors (Lipinski definition) is 0. The van der Waals surface area contributed by atoms with Crippen molar-refractivity contribution in [2.24, 2.45) is 5.41 Å². The van der Waals surface area contributed by atoms with E-state index in [0.717, 1.165) is 30.7 Å². The molecule has 0 atom stereocenters. The number of carbonyl (C=O) groups is 1. The van der Waals surface area contributed by atoms with Gasteiger partial charge in [-0.25, -0.2) is 0 Å². The van der Waals surface area contributed by atoms with Crippen LogP contribution in [-0.4, -0.2) is 19.1 Å². The first-order valence-electron chi connectivity index (χ1n) is 7.22. The molecule has 4 heteroatoms. The van der Waals surface area contributed by atoms with Crippen molar-refractivity contribution in [3.8, 4) is 11.8 Å². The molecule has 1 fully saturated rings. The van der Waals surface area contributed by atoms with Crippen molar-refractivity contribution >= 4 is 11.6 Å². The van der Waals surface area contributed by atoms with Gasteiger partial charge in [0, 0.05) is 6.54 Å². The van der Waals surface area contributed by atoms with E-state index in [1.807, 2.05) is 24.3 Å². The molecule has 104 valence electrons. The lowest BCUT2D eigenvalue weighted by atomic mass is 9.86. The molecular formula is C16H18N2O2. The summed E-state index contributed by atoms with van der Waals surface area (Å²) in [5, 5.41) is 9.51. The number of rotatable bonds is 1. The minimum Gasteiger partial charge on any atom is -0.491 e. The van der Waals surface area contributed by atoms with E-state index in [2.05, 4.69) is 6.07 Å². The summed E-state index contributed by atoms with van der Waals surface area (Å²) in [4.78, 5) is 14.7. The highest BCUT2D eigenvalue weighted by molar-refractivity contribution is 6.00. The molecule has 2 aliphatic rings. The van der Waals surface area contributed by atoms with Crippen LogP contribution in [0.5, 0.6) is 5.75 Å². The molecule has 0 radical (unpaired) electrons. The SMILES string of the molecule is N#CC1(C(=O)N2CCCOc3ccccc32)CCCC1. The third-order valence-electron chi connectivity index (χ3n) is 4.27. The van der Waals surface area contributed by atoms with Gasteiger partial charge in [-0.05, 0) is 31.4 Å². The summed E-state index contributed by atoms with van der Waals surface area (Å²) < 4.78 is 5.68. The number of fused-ring (bicyclic) bond motifs is 1. The molecule has 1 amide bonds. The second kappa shape index (κ2) is 5.16. The zero-order chi connectivity index (χ0) is 14.0. The highest BCUT2D eigenvalue weighted by Crippen LogP contribution is 2.42. The zero-order valence-corrected chi connectivity index (χ0v) is 11.5. The van der Waals surface area contributed by atoms with Crippen molar-refractivity contribution < 1.29 is 9.53 Å². The lowest BCUT2D eigenvalue weighted by Gasteiger charge is -2.29. The molecule has 3 rings (SSSR count). The van der Waals surface area contributed by atoms with Gasteiger partial charge in [-0.15, -0.1) is 0 Å². The van der Waals surface area contributed by atoms with Gasteiger partial charge in [-0.1, -0.05) is 25.0 Å². The predicted octanol–water partition coefficient (Wildman–Crippen LogP) is 2.89. The van der Waals surface area contributed by atoms with Gasteiger partial charge in [0.15, 0.2) is 0 Å². The molecule has 1 heterocycles. The van der Waals surface area contributed by atoms with Crippen LogP contribution in [0, 0.1) is 16.7 Å². The van der Waals surface area contributed by atoms with Crippen LogP contribution in [0.3, 0.4) is 0 Å². The minimum absolute atomic E-state index is 0.0459. The van der Waals surface area contributed by atoms with Gasteiger partial charge in [-0.2, -0.15) is 5.26 Å². The van der Waals surface area contributed by atoms with Crippen LogP contribution >= 0.6 is 0 Å². The first-order chi connectivity index (χ1) is 9.77. The fourth-order valence-corrected chi connectivity index (χ4v) is 3.15. The van der Waals surface area contributed by atoms with Crippen LogP contribution in [0.4, 0.5) is 5.69 Å². The second-order valence-electron chi connectivity index (χ2n) is 5.53. The number of anilines is 1. The largest absolute Gasteiger partial charge is 0.491 e. The van der Waals surface area contributed by atoms with Crippen molar-refractivity contribution in [1.82, 2.24) is 0 Å². The van der Waals surface area contributed by atoms with Gasteiger partial charge in [0.1, 0.15) is 11.2 Å². The first-order valence-corrected chi connectivity index (χ1v) is 7.22. The molecule has 1 aromatic rings. The Morgan fingerprint density at radius 1 is 1.25 bits per heavy atom. The number of para-hydroxylation sites is 2. The highest BCUT2D eigenvalue weighted by Gasteiger charge is 2.44. The van der Waals surface area contributed by atoms with E-state index < -0.39 is 5.41 Å². The van der Waals surface area contributed by atoms with E-state index in [9.17, 15) is 10.1 Å². The molecule has 20 heavy (non-hydrogen) atoms. The van der Waals surface area contributed by atoms with Crippen LogP contribution in [0.1, 0.15) is 32.1 Å². The van der Waals surface area contributed by atoms with E-state index in [0.29, 0.717) is 26.0 Å². The fourth-order valence-electron chi connectivity index (χ4n) is 3.15. The van der Waals surface area contributed by atoms with Crippen LogP contribution in [0.2, 0.25) is 0 Å². The number of benzene rings is 1. The summed E-state index contributed by atoms with van der Waals surface area (Å²) in [6.45, 7) is 1.24. The Labute approximate surface area is 118 Å². The highest BCUT2D eigenvalue weighted by atomic mass is 16.5. The molecule has 1 saturated carbocycles. The summed E-state index contributed by atoms with van der Waals surface area (Å²) in [6.07, 6.45) is 4.09.